The van der Waals surface area contributed by atoms with Gasteiger partial charge in [-0.25, -0.2) is 0 Å². The molecule has 20 heavy (non-hydrogen) atoms. The van der Waals surface area contributed by atoms with Crippen LogP contribution in [0.15, 0.2) is 60.7 Å². The Bertz CT molecular complexity index is 433. The van der Waals surface area contributed by atoms with Crippen molar-refractivity contribution in [3.63, 3.8) is 0 Å². The molecule has 1 radical (unpaired) electrons. The number of hydrogen-bond acceptors (Lipinski definition) is 2. The van der Waals surface area contributed by atoms with Gasteiger partial charge in [-0.15, -0.1) is 0 Å². The van der Waals surface area contributed by atoms with E-state index in [0.29, 0.717) is 0 Å². The normalized spacial score (nSPS) is 10.9. The number of ether oxygens (including phenoxy) is 1. The van der Waals surface area contributed by atoms with Crippen LogP contribution in [-0.2, 0) is 9.16 Å². The van der Waals surface area contributed by atoms with Crippen molar-refractivity contribution < 1.29 is 9.16 Å². The predicted octanol–water partition coefficient (Wildman–Crippen LogP) is 2.24. The van der Waals surface area contributed by atoms with Gasteiger partial charge in [-0.2, -0.15) is 0 Å². The van der Waals surface area contributed by atoms with E-state index in [1.165, 1.54) is 10.4 Å². The molecule has 0 amide bonds. The molecule has 0 saturated carbocycles. The largest absolute Gasteiger partial charge is 0.407 e. The SMILES string of the molecule is CCOCCCO[Si](c1ccccc1)c1ccccc1. The lowest BCUT2D eigenvalue weighted by Gasteiger charge is -2.16. The highest BCUT2D eigenvalue weighted by atomic mass is 28.3. The van der Waals surface area contributed by atoms with Crippen LogP contribution >= 0.6 is 0 Å². The molecule has 0 aliphatic heterocycles. The number of hydrogen-bond donors (Lipinski definition) is 0. The summed E-state index contributed by atoms with van der Waals surface area (Å²) < 4.78 is 11.5. The van der Waals surface area contributed by atoms with Gasteiger partial charge in [0.25, 0.3) is 9.04 Å². The summed E-state index contributed by atoms with van der Waals surface area (Å²) in [4.78, 5) is 0. The van der Waals surface area contributed by atoms with Gasteiger partial charge in [0.1, 0.15) is 0 Å². The Morgan fingerprint density at radius 2 is 1.35 bits per heavy atom. The van der Waals surface area contributed by atoms with E-state index in [4.69, 9.17) is 9.16 Å². The minimum absolute atomic E-state index is 0.748. The van der Waals surface area contributed by atoms with Crippen LogP contribution in [0.4, 0.5) is 0 Å². The van der Waals surface area contributed by atoms with Crippen molar-refractivity contribution in [2.75, 3.05) is 19.8 Å². The second kappa shape index (κ2) is 8.69. The van der Waals surface area contributed by atoms with Gasteiger partial charge in [-0.1, -0.05) is 60.7 Å². The summed E-state index contributed by atoms with van der Waals surface area (Å²) in [5, 5.41) is 2.58. The van der Waals surface area contributed by atoms with Gasteiger partial charge in [-0.3, -0.25) is 0 Å². The van der Waals surface area contributed by atoms with Crippen molar-refractivity contribution in [3.05, 3.63) is 60.7 Å². The fourth-order valence-electron chi connectivity index (χ4n) is 1.99. The van der Waals surface area contributed by atoms with E-state index in [2.05, 4.69) is 48.5 Å². The van der Waals surface area contributed by atoms with Gasteiger partial charge in [0.2, 0.25) is 0 Å². The highest BCUT2D eigenvalue weighted by Crippen LogP contribution is 1.96. The molecular weight excluding hydrogens is 264 g/mol. The Balaban J connectivity index is 2.02. The zero-order chi connectivity index (χ0) is 14.0. The molecule has 0 aliphatic rings. The first-order valence-corrected chi connectivity index (χ1v) is 8.51. The first-order chi connectivity index (χ1) is 9.92. The lowest BCUT2D eigenvalue weighted by Crippen LogP contribution is -2.45. The zero-order valence-corrected chi connectivity index (χ0v) is 12.9. The molecular formula is C17H21O2Si. The maximum atomic E-state index is 6.18. The average Bonchev–Trinajstić information content (AvgIpc) is 2.53. The molecule has 0 aromatic heterocycles. The van der Waals surface area contributed by atoms with Crippen molar-refractivity contribution in [1.82, 2.24) is 0 Å². The number of benzene rings is 2. The molecule has 2 aromatic rings. The third-order valence-electron chi connectivity index (χ3n) is 2.96. The van der Waals surface area contributed by atoms with E-state index >= 15 is 0 Å². The topological polar surface area (TPSA) is 18.5 Å². The molecule has 3 heteroatoms. The van der Waals surface area contributed by atoms with Crippen LogP contribution in [0.2, 0.25) is 0 Å². The van der Waals surface area contributed by atoms with Crippen LogP contribution in [0.1, 0.15) is 13.3 Å². The van der Waals surface area contributed by atoms with E-state index in [9.17, 15) is 0 Å². The maximum Gasteiger partial charge on any atom is 0.282 e. The Morgan fingerprint density at radius 3 is 1.85 bits per heavy atom. The van der Waals surface area contributed by atoms with Gasteiger partial charge in [-0.05, 0) is 23.7 Å². The highest BCUT2D eigenvalue weighted by molar-refractivity contribution is 6.80. The Kier molecular flexibility index (Phi) is 6.51. The Morgan fingerprint density at radius 1 is 0.800 bits per heavy atom. The molecule has 0 spiro atoms. The summed E-state index contributed by atoms with van der Waals surface area (Å²) in [6.07, 6.45) is 0.946. The van der Waals surface area contributed by atoms with Crippen molar-refractivity contribution >= 4 is 19.4 Å². The number of rotatable bonds is 8. The van der Waals surface area contributed by atoms with Gasteiger partial charge in [0.05, 0.1) is 0 Å². The summed E-state index contributed by atoms with van der Waals surface area (Å²) in [7, 11) is -1.14. The van der Waals surface area contributed by atoms with E-state index in [0.717, 1.165) is 26.2 Å². The first-order valence-electron chi connectivity index (χ1n) is 7.10. The van der Waals surface area contributed by atoms with Crippen LogP contribution in [0.25, 0.3) is 0 Å². The van der Waals surface area contributed by atoms with Crippen molar-refractivity contribution in [1.29, 1.82) is 0 Å². The lowest BCUT2D eigenvalue weighted by molar-refractivity contribution is 0.131. The van der Waals surface area contributed by atoms with E-state index in [-0.39, 0.29) is 0 Å². The second-order valence-electron chi connectivity index (χ2n) is 4.46. The third-order valence-corrected chi connectivity index (χ3v) is 5.16. The smallest absolute Gasteiger partial charge is 0.282 e. The minimum Gasteiger partial charge on any atom is -0.407 e. The standard InChI is InChI=1S/C17H21O2Si/c1-2-18-14-9-15-19-20(16-10-5-3-6-11-16)17-12-7-4-8-13-17/h3-8,10-13H,2,9,14-15H2,1H3. The van der Waals surface area contributed by atoms with Crippen molar-refractivity contribution in [3.8, 4) is 0 Å². The van der Waals surface area contributed by atoms with Crippen molar-refractivity contribution in [2.24, 2.45) is 0 Å². The molecule has 0 aliphatic carbocycles. The second-order valence-corrected chi connectivity index (χ2v) is 6.56. The fraction of sp³-hybridized carbons (Fsp3) is 0.294. The summed E-state index contributed by atoms with van der Waals surface area (Å²) in [6.45, 7) is 4.31. The highest BCUT2D eigenvalue weighted by Gasteiger charge is 2.18. The molecule has 0 saturated heterocycles. The monoisotopic (exact) mass is 285 g/mol. The van der Waals surface area contributed by atoms with E-state index < -0.39 is 9.04 Å². The summed E-state index contributed by atoms with van der Waals surface area (Å²) in [5.74, 6) is 0. The van der Waals surface area contributed by atoms with Crippen LogP contribution in [-0.4, -0.2) is 28.9 Å². The molecule has 2 aromatic carbocycles. The summed E-state index contributed by atoms with van der Waals surface area (Å²) in [6, 6.07) is 21.0. The lowest BCUT2D eigenvalue weighted by atomic mass is 10.4. The quantitative estimate of drug-likeness (QED) is 0.547. The zero-order valence-electron chi connectivity index (χ0n) is 11.9. The predicted molar refractivity (Wildman–Crippen MR) is 85.0 cm³/mol. The van der Waals surface area contributed by atoms with Gasteiger partial charge < -0.3 is 9.16 Å². The molecule has 2 nitrogen and oxygen atoms in total. The summed E-state index contributed by atoms with van der Waals surface area (Å²) in [5.41, 5.74) is 0. The molecule has 0 unspecified atom stereocenters. The van der Waals surface area contributed by atoms with Gasteiger partial charge >= 0.3 is 0 Å². The first kappa shape index (κ1) is 15.0. The third kappa shape index (κ3) is 4.60. The fourth-order valence-corrected chi connectivity index (χ4v) is 4.00. The minimum atomic E-state index is -1.14. The molecule has 0 bridgehead atoms. The van der Waals surface area contributed by atoms with E-state index in [1.807, 2.05) is 19.1 Å². The van der Waals surface area contributed by atoms with Crippen LogP contribution in [0.3, 0.4) is 0 Å². The Labute approximate surface area is 123 Å². The maximum absolute atomic E-state index is 6.18. The van der Waals surface area contributed by atoms with E-state index in [1.54, 1.807) is 0 Å². The molecule has 0 atom stereocenters. The summed E-state index contributed by atoms with van der Waals surface area (Å²) >= 11 is 0. The van der Waals surface area contributed by atoms with Crippen LogP contribution < -0.4 is 10.4 Å². The molecule has 105 valence electrons. The van der Waals surface area contributed by atoms with Gasteiger partial charge in [0.15, 0.2) is 0 Å². The Hall–Kier alpha value is -1.42. The van der Waals surface area contributed by atoms with Crippen molar-refractivity contribution in [2.45, 2.75) is 13.3 Å². The molecule has 0 heterocycles. The van der Waals surface area contributed by atoms with Gasteiger partial charge in [0, 0.05) is 19.8 Å². The van der Waals surface area contributed by atoms with Crippen LogP contribution in [0.5, 0.6) is 0 Å². The molecule has 2 rings (SSSR count). The van der Waals surface area contributed by atoms with Crippen LogP contribution in [0, 0.1) is 0 Å². The average molecular weight is 285 g/mol. The molecule has 0 fully saturated rings. The molecule has 0 N–H and O–H groups in total.